The number of phenols is 1. The fourth-order valence-electron chi connectivity index (χ4n) is 4.08. The molecule has 1 N–H and O–H groups in total. The Labute approximate surface area is 132 Å². The molecule has 2 heteroatoms. The zero-order chi connectivity index (χ0) is 14.9. The van der Waals surface area contributed by atoms with Gasteiger partial charge < -0.3 is 5.11 Å². The van der Waals surface area contributed by atoms with Crippen LogP contribution in [0.5, 0.6) is 5.75 Å². The van der Waals surface area contributed by atoms with Crippen molar-refractivity contribution >= 4 is 0 Å². The zero-order valence-corrected chi connectivity index (χ0v) is 13.0. The van der Waals surface area contributed by atoms with Gasteiger partial charge in [-0.3, -0.25) is 4.90 Å². The van der Waals surface area contributed by atoms with Crippen molar-refractivity contribution in [2.75, 3.05) is 6.54 Å². The van der Waals surface area contributed by atoms with Gasteiger partial charge in [-0.15, -0.1) is 0 Å². The Kier molecular flexibility index (Phi) is 3.63. The molecular weight excluding hydrogens is 270 g/mol. The van der Waals surface area contributed by atoms with Crippen LogP contribution in [0.2, 0.25) is 0 Å². The molecule has 2 aromatic carbocycles. The van der Waals surface area contributed by atoms with Crippen LogP contribution in [-0.2, 0) is 19.4 Å². The molecule has 4 rings (SSSR count). The molecule has 1 saturated heterocycles. The van der Waals surface area contributed by atoms with Gasteiger partial charge in [0.05, 0.1) is 0 Å². The van der Waals surface area contributed by atoms with E-state index >= 15 is 0 Å². The minimum Gasteiger partial charge on any atom is -0.508 e. The molecule has 1 aliphatic carbocycles. The van der Waals surface area contributed by atoms with Crippen molar-refractivity contribution in [1.82, 2.24) is 4.90 Å². The largest absolute Gasteiger partial charge is 0.508 e. The second kappa shape index (κ2) is 5.77. The lowest BCUT2D eigenvalue weighted by Gasteiger charge is -2.25. The van der Waals surface area contributed by atoms with E-state index in [1.807, 2.05) is 6.07 Å². The third kappa shape index (κ3) is 2.52. The Bertz CT molecular complexity index is 665. The Balaban J connectivity index is 1.58. The van der Waals surface area contributed by atoms with Crippen LogP contribution in [-0.4, -0.2) is 16.6 Å². The van der Waals surface area contributed by atoms with Gasteiger partial charge in [0.15, 0.2) is 0 Å². The molecule has 0 unspecified atom stereocenters. The number of rotatable bonds is 3. The first-order valence-corrected chi connectivity index (χ1v) is 8.44. The summed E-state index contributed by atoms with van der Waals surface area (Å²) in [6, 6.07) is 15.5. The van der Waals surface area contributed by atoms with Crippen molar-refractivity contribution in [3.8, 4) is 5.75 Å². The van der Waals surface area contributed by atoms with Crippen LogP contribution in [0.4, 0.5) is 0 Å². The number of hydrogen-bond donors (Lipinski definition) is 1. The van der Waals surface area contributed by atoms with Gasteiger partial charge in [0.1, 0.15) is 5.75 Å². The molecular formula is C20H23NO. The van der Waals surface area contributed by atoms with E-state index in [1.165, 1.54) is 42.4 Å². The Hall–Kier alpha value is -1.80. The third-order valence-corrected chi connectivity index (χ3v) is 5.21. The maximum absolute atomic E-state index is 10.4. The van der Waals surface area contributed by atoms with Gasteiger partial charge in [-0.2, -0.15) is 0 Å². The Morgan fingerprint density at radius 1 is 1.00 bits per heavy atom. The van der Waals surface area contributed by atoms with E-state index in [9.17, 15) is 5.11 Å². The normalized spacial score (nSPS) is 21.2. The van der Waals surface area contributed by atoms with Crippen LogP contribution < -0.4 is 0 Å². The number of hydrogen-bond acceptors (Lipinski definition) is 2. The number of fused-ring (bicyclic) bond motifs is 1. The van der Waals surface area contributed by atoms with E-state index in [1.54, 1.807) is 0 Å². The molecule has 1 heterocycles. The van der Waals surface area contributed by atoms with Crippen LogP contribution in [0.25, 0.3) is 0 Å². The highest BCUT2D eigenvalue weighted by molar-refractivity contribution is 5.44. The predicted octanol–water partition coefficient (Wildman–Crippen LogP) is 4.22. The summed E-state index contributed by atoms with van der Waals surface area (Å²) in [6.45, 7) is 1.98. The molecule has 0 amide bonds. The van der Waals surface area contributed by atoms with Gasteiger partial charge in [-0.05, 0) is 61.4 Å². The molecule has 1 atom stereocenters. The SMILES string of the molecule is Oc1cc2c(cc1CN1CCC[C@@H]1c1ccccc1)CCC2. The summed E-state index contributed by atoms with van der Waals surface area (Å²) in [5, 5.41) is 10.4. The average Bonchev–Trinajstić information content (AvgIpc) is 3.17. The predicted molar refractivity (Wildman–Crippen MR) is 89.0 cm³/mol. The van der Waals surface area contributed by atoms with Gasteiger partial charge >= 0.3 is 0 Å². The van der Waals surface area contributed by atoms with E-state index in [4.69, 9.17) is 0 Å². The van der Waals surface area contributed by atoms with Gasteiger partial charge in [0.25, 0.3) is 0 Å². The fourth-order valence-corrected chi connectivity index (χ4v) is 4.08. The highest BCUT2D eigenvalue weighted by Crippen LogP contribution is 2.36. The van der Waals surface area contributed by atoms with Gasteiger partial charge in [-0.25, -0.2) is 0 Å². The second-order valence-corrected chi connectivity index (χ2v) is 6.64. The molecule has 2 aromatic rings. The Morgan fingerprint density at radius 3 is 2.59 bits per heavy atom. The summed E-state index contributed by atoms with van der Waals surface area (Å²) in [6.07, 6.45) is 5.99. The second-order valence-electron chi connectivity index (χ2n) is 6.64. The number of benzene rings is 2. The molecule has 0 bridgehead atoms. The quantitative estimate of drug-likeness (QED) is 0.916. The molecule has 0 radical (unpaired) electrons. The van der Waals surface area contributed by atoms with Crippen LogP contribution in [0.1, 0.15) is 47.6 Å². The van der Waals surface area contributed by atoms with Gasteiger partial charge in [0.2, 0.25) is 0 Å². The molecule has 1 fully saturated rings. The number of aryl methyl sites for hydroxylation is 2. The first-order valence-electron chi connectivity index (χ1n) is 8.44. The molecule has 0 aromatic heterocycles. The molecule has 0 spiro atoms. The number of likely N-dealkylation sites (tertiary alicyclic amines) is 1. The van der Waals surface area contributed by atoms with E-state index in [-0.39, 0.29) is 0 Å². The zero-order valence-electron chi connectivity index (χ0n) is 13.0. The van der Waals surface area contributed by atoms with E-state index in [0.717, 1.165) is 25.1 Å². The number of nitrogens with zero attached hydrogens (tertiary/aromatic N) is 1. The van der Waals surface area contributed by atoms with Crippen molar-refractivity contribution in [2.45, 2.75) is 44.7 Å². The number of phenolic OH excluding ortho intramolecular Hbond substituents is 1. The minimum atomic E-state index is 0.486. The van der Waals surface area contributed by atoms with Crippen LogP contribution in [0.3, 0.4) is 0 Å². The molecule has 0 saturated carbocycles. The standard InChI is InChI=1S/C20H23NO/c22-20-13-17-9-4-8-16(17)12-18(20)14-21-11-5-10-19(21)15-6-2-1-3-7-15/h1-3,6-7,12-13,19,22H,4-5,8-11,14H2/t19-/m1/s1. The van der Waals surface area contributed by atoms with E-state index in [0.29, 0.717) is 11.8 Å². The molecule has 22 heavy (non-hydrogen) atoms. The van der Waals surface area contributed by atoms with Crippen molar-refractivity contribution in [3.05, 3.63) is 64.7 Å². The van der Waals surface area contributed by atoms with Crippen molar-refractivity contribution in [1.29, 1.82) is 0 Å². The van der Waals surface area contributed by atoms with Crippen LogP contribution >= 0.6 is 0 Å². The molecule has 1 aliphatic heterocycles. The van der Waals surface area contributed by atoms with E-state index < -0.39 is 0 Å². The maximum Gasteiger partial charge on any atom is 0.120 e. The topological polar surface area (TPSA) is 23.5 Å². The summed E-state index contributed by atoms with van der Waals surface area (Å²) in [5.74, 6) is 0.486. The van der Waals surface area contributed by atoms with Crippen molar-refractivity contribution in [3.63, 3.8) is 0 Å². The third-order valence-electron chi connectivity index (χ3n) is 5.21. The highest BCUT2D eigenvalue weighted by Gasteiger charge is 2.27. The molecule has 2 nitrogen and oxygen atoms in total. The average molecular weight is 293 g/mol. The smallest absolute Gasteiger partial charge is 0.120 e. The van der Waals surface area contributed by atoms with Gasteiger partial charge in [-0.1, -0.05) is 36.4 Å². The van der Waals surface area contributed by atoms with Crippen LogP contribution in [0.15, 0.2) is 42.5 Å². The fraction of sp³-hybridized carbons (Fsp3) is 0.400. The monoisotopic (exact) mass is 293 g/mol. The molecule has 2 aliphatic rings. The van der Waals surface area contributed by atoms with Crippen molar-refractivity contribution < 1.29 is 5.11 Å². The number of aromatic hydroxyl groups is 1. The summed E-state index contributed by atoms with van der Waals surface area (Å²) in [5.41, 5.74) is 5.30. The minimum absolute atomic E-state index is 0.486. The van der Waals surface area contributed by atoms with Crippen molar-refractivity contribution in [2.24, 2.45) is 0 Å². The lowest BCUT2D eigenvalue weighted by molar-refractivity contribution is 0.245. The lowest BCUT2D eigenvalue weighted by Crippen LogP contribution is -2.22. The Morgan fingerprint density at radius 2 is 1.77 bits per heavy atom. The summed E-state index contributed by atoms with van der Waals surface area (Å²) in [4.78, 5) is 2.52. The lowest BCUT2D eigenvalue weighted by atomic mass is 10.0. The van der Waals surface area contributed by atoms with Crippen LogP contribution in [0, 0.1) is 0 Å². The van der Waals surface area contributed by atoms with Gasteiger partial charge in [0, 0.05) is 18.2 Å². The molecule has 114 valence electrons. The van der Waals surface area contributed by atoms with E-state index in [2.05, 4.69) is 41.3 Å². The summed E-state index contributed by atoms with van der Waals surface area (Å²) in [7, 11) is 0. The summed E-state index contributed by atoms with van der Waals surface area (Å²) < 4.78 is 0. The highest BCUT2D eigenvalue weighted by atomic mass is 16.3. The summed E-state index contributed by atoms with van der Waals surface area (Å²) >= 11 is 0. The maximum atomic E-state index is 10.4. The first kappa shape index (κ1) is 13.8. The first-order chi connectivity index (χ1) is 10.8.